The highest BCUT2D eigenvalue weighted by Gasteiger charge is 2.23. The summed E-state index contributed by atoms with van der Waals surface area (Å²) in [5.41, 5.74) is 8.64. The maximum absolute atomic E-state index is 6.11. The molecule has 3 rings (SSSR count). The van der Waals surface area contributed by atoms with Crippen LogP contribution in [0.3, 0.4) is 0 Å². The second kappa shape index (κ2) is 9.97. The number of nitrogens with zero attached hydrogens (tertiary/aromatic N) is 2. The molecule has 0 aliphatic carbocycles. The summed E-state index contributed by atoms with van der Waals surface area (Å²) in [6.45, 7) is 3.65. The van der Waals surface area contributed by atoms with Crippen molar-refractivity contribution in [1.29, 1.82) is 0 Å². The minimum absolute atomic E-state index is 0.233. The Morgan fingerprint density at radius 1 is 1.15 bits per heavy atom. The summed E-state index contributed by atoms with van der Waals surface area (Å²) in [5.74, 6) is 1.40. The normalized spacial score (nSPS) is 16.3. The van der Waals surface area contributed by atoms with Crippen molar-refractivity contribution in [2.45, 2.75) is 25.3 Å². The minimum atomic E-state index is 0.233. The second-order valence-corrected chi connectivity index (χ2v) is 6.92. The highest BCUT2D eigenvalue weighted by molar-refractivity contribution is 5.77. The molecule has 27 heavy (non-hydrogen) atoms. The molecule has 1 aliphatic rings. The van der Waals surface area contributed by atoms with Crippen molar-refractivity contribution in [1.82, 2.24) is 10.2 Å². The SMILES string of the molecule is COc1cccc(C(CN=C(N)NCCc2ccccc2)N2CCCC2)c1. The Balaban J connectivity index is 1.60. The number of nitrogens with one attached hydrogen (secondary N) is 1. The molecule has 1 unspecified atom stereocenters. The van der Waals surface area contributed by atoms with Crippen LogP contribution in [0.15, 0.2) is 59.6 Å². The first-order chi connectivity index (χ1) is 13.3. The molecular formula is C22H30N4O. The lowest BCUT2D eigenvalue weighted by Crippen LogP contribution is -2.35. The van der Waals surface area contributed by atoms with Gasteiger partial charge >= 0.3 is 0 Å². The Morgan fingerprint density at radius 3 is 2.67 bits per heavy atom. The summed E-state index contributed by atoms with van der Waals surface area (Å²) >= 11 is 0. The van der Waals surface area contributed by atoms with E-state index in [-0.39, 0.29) is 6.04 Å². The molecule has 5 nitrogen and oxygen atoms in total. The number of hydrogen-bond donors (Lipinski definition) is 2. The molecule has 1 saturated heterocycles. The summed E-state index contributed by atoms with van der Waals surface area (Å²) < 4.78 is 5.40. The fourth-order valence-corrected chi connectivity index (χ4v) is 3.55. The largest absolute Gasteiger partial charge is 0.497 e. The van der Waals surface area contributed by atoms with E-state index < -0.39 is 0 Å². The molecule has 0 bridgehead atoms. The van der Waals surface area contributed by atoms with E-state index in [1.807, 2.05) is 18.2 Å². The molecule has 2 aromatic carbocycles. The van der Waals surface area contributed by atoms with Crippen molar-refractivity contribution >= 4 is 5.96 Å². The molecule has 1 aliphatic heterocycles. The molecule has 1 fully saturated rings. The van der Waals surface area contributed by atoms with Crippen LogP contribution in [0.1, 0.15) is 30.0 Å². The predicted molar refractivity (Wildman–Crippen MR) is 111 cm³/mol. The van der Waals surface area contributed by atoms with Gasteiger partial charge in [-0.05, 0) is 55.6 Å². The molecule has 3 N–H and O–H groups in total. The lowest BCUT2D eigenvalue weighted by Gasteiger charge is -2.27. The van der Waals surface area contributed by atoms with Crippen LogP contribution in [0.2, 0.25) is 0 Å². The van der Waals surface area contributed by atoms with E-state index in [0.717, 1.165) is 31.8 Å². The summed E-state index contributed by atoms with van der Waals surface area (Å²) in [6.07, 6.45) is 3.42. The van der Waals surface area contributed by atoms with E-state index in [1.165, 1.54) is 24.0 Å². The highest BCUT2D eigenvalue weighted by atomic mass is 16.5. The van der Waals surface area contributed by atoms with Crippen molar-refractivity contribution in [2.75, 3.05) is 33.3 Å². The number of aliphatic imine (C=N–C) groups is 1. The van der Waals surface area contributed by atoms with E-state index in [2.05, 4.69) is 51.6 Å². The molecule has 0 saturated carbocycles. The lowest BCUT2D eigenvalue weighted by molar-refractivity contribution is 0.251. The number of guanidine groups is 1. The molecule has 144 valence electrons. The van der Waals surface area contributed by atoms with E-state index in [9.17, 15) is 0 Å². The van der Waals surface area contributed by atoms with Crippen molar-refractivity contribution in [2.24, 2.45) is 10.7 Å². The van der Waals surface area contributed by atoms with E-state index in [1.54, 1.807) is 7.11 Å². The van der Waals surface area contributed by atoms with E-state index in [4.69, 9.17) is 10.5 Å². The average Bonchev–Trinajstić information content (AvgIpc) is 3.24. The third-order valence-corrected chi connectivity index (χ3v) is 5.06. The molecular weight excluding hydrogens is 336 g/mol. The number of likely N-dealkylation sites (tertiary alicyclic amines) is 1. The number of benzene rings is 2. The molecule has 0 amide bonds. The molecule has 1 atom stereocenters. The molecule has 0 radical (unpaired) electrons. The summed E-state index contributed by atoms with van der Waals surface area (Å²) in [6, 6.07) is 18.9. The molecule has 2 aromatic rings. The smallest absolute Gasteiger partial charge is 0.188 e. The third-order valence-electron chi connectivity index (χ3n) is 5.06. The van der Waals surface area contributed by atoms with Crippen LogP contribution < -0.4 is 15.8 Å². The summed E-state index contributed by atoms with van der Waals surface area (Å²) in [7, 11) is 1.71. The molecule has 0 spiro atoms. The van der Waals surface area contributed by atoms with Crippen molar-refractivity contribution in [3.05, 3.63) is 65.7 Å². The molecule has 0 aromatic heterocycles. The van der Waals surface area contributed by atoms with Gasteiger partial charge in [-0.15, -0.1) is 0 Å². The zero-order chi connectivity index (χ0) is 18.9. The number of ether oxygens (including phenoxy) is 1. The van der Waals surface area contributed by atoms with Gasteiger partial charge in [-0.2, -0.15) is 0 Å². The van der Waals surface area contributed by atoms with Crippen LogP contribution in [0, 0.1) is 0 Å². The number of rotatable bonds is 8. The lowest BCUT2D eigenvalue weighted by atomic mass is 10.1. The quantitative estimate of drug-likeness (QED) is 0.557. The van der Waals surface area contributed by atoms with Crippen LogP contribution in [0.5, 0.6) is 5.75 Å². The average molecular weight is 367 g/mol. The second-order valence-electron chi connectivity index (χ2n) is 6.92. The standard InChI is InChI=1S/C22H30N4O/c1-27-20-11-7-10-19(16-20)21(26-14-5-6-15-26)17-25-22(23)24-13-12-18-8-3-2-4-9-18/h2-4,7-11,16,21H,5-6,12-15,17H2,1H3,(H3,23,24,25). The molecule has 1 heterocycles. The number of nitrogens with two attached hydrogens (primary N) is 1. The van der Waals surface area contributed by atoms with Crippen molar-refractivity contribution < 1.29 is 4.74 Å². The Bertz CT molecular complexity index is 726. The topological polar surface area (TPSA) is 62.9 Å². The van der Waals surface area contributed by atoms with Crippen molar-refractivity contribution in [3.63, 3.8) is 0 Å². The van der Waals surface area contributed by atoms with Crippen LogP contribution in [0.25, 0.3) is 0 Å². The Labute approximate surface area is 162 Å². The number of methoxy groups -OCH3 is 1. The fraction of sp³-hybridized carbons (Fsp3) is 0.409. The van der Waals surface area contributed by atoms with Crippen LogP contribution in [0.4, 0.5) is 0 Å². The van der Waals surface area contributed by atoms with Crippen LogP contribution in [-0.4, -0.2) is 44.1 Å². The Morgan fingerprint density at radius 2 is 1.93 bits per heavy atom. The zero-order valence-electron chi connectivity index (χ0n) is 16.1. The van der Waals surface area contributed by atoms with Crippen LogP contribution in [-0.2, 0) is 6.42 Å². The first kappa shape index (κ1) is 19.2. The Kier molecular flexibility index (Phi) is 7.11. The van der Waals surface area contributed by atoms with Gasteiger partial charge < -0.3 is 15.8 Å². The van der Waals surface area contributed by atoms with Gasteiger partial charge in [-0.3, -0.25) is 9.89 Å². The van der Waals surface area contributed by atoms with Crippen LogP contribution >= 0.6 is 0 Å². The minimum Gasteiger partial charge on any atom is -0.497 e. The highest BCUT2D eigenvalue weighted by Crippen LogP contribution is 2.27. The van der Waals surface area contributed by atoms with Gasteiger partial charge in [0.1, 0.15) is 5.75 Å². The van der Waals surface area contributed by atoms with Gasteiger partial charge in [0.25, 0.3) is 0 Å². The van der Waals surface area contributed by atoms with Gasteiger partial charge in [0, 0.05) is 6.54 Å². The summed E-state index contributed by atoms with van der Waals surface area (Å²) in [4.78, 5) is 7.13. The monoisotopic (exact) mass is 366 g/mol. The van der Waals surface area contributed by atoms with Crippen molar-refractivity contribution in [3.8, 4) is 5.75 Å². The first-order valence-corrected chi connectivity index (χ1v) is 9.72. The Hall–Kier alpha value is -2.53. The zero-order valence-corrected chi connectivity index (χ0v) is 16.1. The predicted octanol–water partition coefficient (Wildman–Crippen LogP) is 2.98. The first-order valence-electron chi connectivity index (χ1n) is 9.72. The maximum atomic E-state index is 6.11. The maximum Gasteiger partial charge on any atom is 0.188 e. The number of hydrogen-bond acceptors (Lipinski definition) is 3. The third kappa shape index (κ3) is 5.73. The van der Waals surface area contributed by atoms with Gasteiger partial charge in [0.15, 0.2) is 5.96 Å². The summed E-state index contributed by atoms with van der Waals surface area (Å²) in [5, 5.41) is 3.24. The molecule has 5 heteroatoms. The fourth-order valence-electron chi connectivity index (χ4n) is 3.55. The van der Waals surface area contributed by atoms with Gasteiger partial charge in [0.05, 0.1) is 19.7 Å². The van der Waals surface area contributed by atoms with E-state index in [0.29, 0.717) is 12.5 Å². The van der Waals surface area contributed by atoms with E-state index >= 15 is 0 Å². The van der Waals surface area contributed by atoms with Gasteiger partial charge in [-0.1, -0.05) is 42.5 Å². The van der Waals surface area contributed by atoms with Gasteiger partial charge in [0.2, 0.25) is 0 Å². The van der Waals surface area contributed by atoms with Gasteiger partial charge in [-0.25, -0.2) is 0 Å².